The fourth-order valence-corrected chi connectivity index (χ4v) is 1.25. The van der Waals surface area contributed by atoms with Crippen LogP contribution in [0.15, 0.2) is 11.0 Å². The van der Waals surface area contributed by atoms with Crippen LogP contribution in [0, 0.1) is 0 Å². The van der Waals surface area contributed by atoms with Crippen LogP contribution < -0.4 is 0 Å². The van der Waals surface area contributed by atoms with E-state index >= 15 is 0 Å². The molecule has 0 N–H and O–H groups in total. The summed E-state index contributed by atoms with van der Waals surface area (Å²) in [6.07, 6.45) is 3.09. The highest BCUT2D eigenvalue weighted by atomic mass is 32.1. The number of rotatable bonds is 3. The first kappa shape index (κ1) is 9.38. The van der Waals surface area contributed by atoms with E-state index in [0.29, 0.717) is 7.41 Å². The molecule has 0 aromatic carbocycles. The SMILES string of the molecule is CCCBN1C(=O)C=C(S)C1=O. The van der Waals surface area contributed by atoms with Gasteiger partial charge in [-0.15, -0.1) is 12.6 Å². The number of hydrogen-bond donors (Lipinski definition) is 1. The van der Waals surface area contributed by atoms with E-state index in [0.717, 1.165) is 12.7 Å². The molecule has 1 rings (SSSR count). The molecule has 0 aliphatic carbocycles. The van der Waals surface area contributed by atoms with Gasteiger partial charge in [-0.05, 0) is 0 Å². The first-order chi connectivity index (χ1) is 5.66. The molecule has 64 valence electrons. The van der Waals surface area contributed by atoms with E-state index in [4.69, 9.17) is 0 Å². The maximum absolute atomic E-state index is 11.2. The van der Waals surface area contributed by atoms with Crippen molar-refractivity contribution in [2.24, 2.45) is 0 Å². The summed E-state index contributed by atoms with van der Waals surface area (Å²) >= 11 is 3.88. The molecule has 0 radical (unpaired) electrons. The van der Waals surface area contributed by atoms with Crippen molar-refractivity contribution in [3.05, 3.63) is 11.0 Å². The van der Waals surface area contributed by atoms with Crippen LogP contribution in [0.5, 0.6) is 0 Å². The van der Waals surface area contributed by atoms with Crippen molar-refractivity contribution in [2.45, 2.75) is 19.7 Å². The van der Waals surface area contributed by atoms with Gasteiger partial charge in [0, 0.05) is 6.08 Å². The van der Waals surface area contributed by atoms with E-state index in [1.807, 2.05) is 6.92 Å². The zero-order valence-electron chi connectivity index (χ0n) is 6.91. The van der Waals surface area contributed by atoms with Crippen molar-refractivity contribution < 1.29 is 9.59 Å². The molecule has 1 aliphatic heterocycles. The molecule has 0 saturated heterocycles. The van der Waals surface area contributed by atoms with Crippen LogP contribution in [0.25, 0.3) is 0 Å². The van der Waals surface area contributed by atoms with E-state index in [-0.39, 0.29) is 16.7 Å². The van der Waals surface area contributed by atoms with Crippen LogP contribution >= 0.6 is 12.6 Å². The molecule has 2 amide bonds. The number of carbonyl (C=O) groups excluding carboxylic acids is 2. The third-order valence-electron chi connectivity index (χ3n) is 1.73. The molecule has 0 unspecified atom stereocenters. The van der Waals surface area contributed by atoms with Crippen LogP contribution in [0.3, 0.4) is 0 Å². The van der Waals surface area contributed by atoms with Gasteiger partial charge in [-0.1, -0.05) is 19.7 Å². The molecule has 12 heavy (non-hydrogen) atoms. The highest BCUT2D eigenvalue weighted by Gasteiger charge is 2.28. The van der Waals surface area contributed by atoms with Crippen molar-refractivity contribution >= 4 is 31.9 Å². The average Bonchev–Trinajstić information content (AvgIpc) is 2.25. The first-order valence-corrected chi connectivity index (χ1v) is 4.38. The average molecular weight is 183 g/mol. The van der Waals surface area contributed by atoms with Gasteiger partial charge in [-0.3, -0.25) is 9.59 Å². The zero-order valence-corrected chi connectivity index (χ0v) is 7.80. The minimum atomic E-state index is -0.267. The number of imide groups is 1. The second-order valence-electron chi connectivity index (χ2n) is 2.68. The number of nitrogens with zero attached hydrogens (tertiary/aromatic N) is 1. The second-order valence-corrected chi connectivity index (χ2v) is 3.16. The summed E-state index contributed by atoms with van der Waals surface area (Å²) < 4.78 is 0. The molecular weight excluding hydrogens is 173 g/mol. The lowest BCUT2D eigenvalue weighted by Gasteiger charge is -2.11. The predicted octanol–water partition coefficient (Wildman–Crippen LogP) is 0.349. The Morgan fingerprint density at radius 2 is 2.25 bits per heavy atom. The monoisotopic (exact) mass is 183 g/mol. The topological polar surface area (TPSA) is 37.4 Å². The lowest BCUT2D eigenvalue weighted by molar-refractivity contribution is -0.131. The summed E-state index contributed by atoms with van der Waals surface area (Å²) in [5.74, 6) is -0.504. The number of carbonyl (C=O) groups is 2. The first-order valence-electron chi connectivity index (χ1n) is 3.93. The van der Waals surface area contributed by atoms with E-state index in [1.165, 1.54) is 10.9 Å². The minimum absolute atomic E-state index is 0.238. The van der Waals surface area contributed by atoms with Crippen molar-refractivity contribution in [3.63, 3.8) is 0 Å². The summed E-state index contributed by atoms with van der Waals surface area (Å²) in [5, 5.41) is 0. The maximum atomic E-state index is 11.2. The smallest absolute Gasteiger partial charge is 0.254 e. The van der Waals surface area contributed by atoms with E-state index < -0.39 is 0 Å². The normalized spacial score (nSPS) is 16.8. The van der Waals surface area contributed by atoms with Gasteiger partial charge in [0.1, 0.15) is 0 Å². The molecular formula is C7H10BNO2S. The third-order valence-corrected chi connectivity index (χ3v) is 2.05. The van der Waals surface area contributed by atoms with Gasteiger partial charge in [0.15, 0.2) is 0 Å². The van der Waals surface area contributed by atoms with Crippen LogP contribution in [0.4, 0.5) is 0 Å². The Balaban J connectivity index is 2.58. The van der Waals surface area contributed by atoms with Crippen LogP contribution in [-0.2, 0) is 9.59 Å². The Bertz CT molecular complexity index is 252. The molecule has 0 aromatic rings. The van der Waals surface area contributed by atoms with Crippen LogP contribution in [0.1, 0.15) is 13.3 Å². The van der Waals surface area contributed by atoms with Crippen molar-refractivity contribution in [2.75, 3.05) is 0 Å². The molecule has 0 aromatic heterocycles. The fourth-order valence-electron chi connectivity index (χ4n) is 1.02. The highest BCUT2D eigenvalue weighted by Crippen LogP contribution is 2.15. The molecule has 1 aliphatic rings. The van der Waals surface area contributed by atoms with Gasteiger partial charge in [-0.2, -0.15) is 0 Å². The fraction of sp³-hybridized carbons (Fsp3) is 0.429. The van der Waals surface area contributed by atoms with Gasteiger partial charge in [0.05, 0.1) is 4.91 Å². The van der Waals surface area contributed by atoms with Crippen molar-refractivity contribution in [1.29, 1.82) is 0 Å². The Labute approximate surface area is 77.5 Å². The van der Waals surface area contributed by atoms with E-state index in [2.05, 4.69) is 12.6 Å². The minimum Gasteiger partial charge on any atom is -0.325 e. The molecule has 0 saturated carbocycles. The third kappa shape index (κ3) is 1.72. The maximum Gasteiger partial charge on any atom is 0.254 e. The van der Waals surface area contributed by atoms with Gasteiger partial charge in [0.25, 0.3) is 13.3 Å². The lowest BCUT2D eigenvalue weighted by Crippen LogP contribution is -2.33. The Kier molecular flexibility index (Phi) is 2.97. The Morgan fingerprint density at radius 3 is 2.67 bits per heavy atom. The molecule has 0 atom stereocenters. The quantitative estimate of drug-likeness (QED) is 0.389. The largest absolute Gasteiger partial charge is 0.325 e. The van der Waals surface area contributed by atoms with Crippen LogP contribution in [0.2, 0.25) is 6.32 Å². The van der Waals surface area contributed by atoms with Gasteiger partial charge >= 0.3 is 0 Å². The number of amides is 2. The predicted molar refractivity (Wildman–Crippen MR) is 51.2 cm³/mol. The molecule has 1 heterocycles. The van der Waals surface area contributed by atoms with Gasteiger partial charge in [-0.25, -0.2) is 0 Å². The van der Waals surface area contributed by atoms with Crippen LogP contribution in [-0.4, -0.2) is 24.0 Å². The highest BCUT2D eigenvalue weighted by molar-refractivity contribution is 7.85. The Morgan fingerprint density at radius 1 is 1.58 bits per heavy atom. The molecule has 0 fully saturated rings. The molecule has 0 spiro atoms. The lowest BCUT2D eigenvalue weighted by atomic mass is 9.85. The van der Waals surface area contributed by atoms with E-state index in [9.17, 15) is 9.59 Å². The number of thiol groups is 1. The van der Waals surface area contributed by atoms with E-state index in [1.54, 1.807) is 0 Å². The van der Waals surface area contributed by atoms with Crippen molar-refractivity contribution in [1.82, 2.24) is 4.81 Å². The standard InChI is InChI=1S/C7H10BNO2S/c1-2-3-8-9-6(10)4-5(12)7(9)11/h4,8,12H,2-3H2,1H3. The summed E-state index contributed by atoms with van der Waals surface area (Å²) in [7, 11) is 0.509. The molecule has 5 heteroatoms. The Hall–Kier alpha value is -0.705. The summed E-state index contributed by atoms with van der Waals surface area (Å²) in [4.78, 5) is 23.7. The molecule has 3 nitrogen and oxygen atoms in total. The van der Waals surface area contributed by atoms with Gasteiger partial charge < -0.3 is 4.81 Å². The zero-order chi connectivity index (χ0) is 9.14. The van der Waals surface area contributed by atoms with Gasteiger partial charge in [0.2, 0.25) is 5.91 Å². The summed E-state index contributed by atoms with van der Waals surface area (Å²) in [6, 6.07) is 0. The van der Waals surface area contributed by atoms with Crippen molar-refractivity contribution in [3.8, 4) is 0 Å². The molecule has 0 bridgehead atoms. The second kappa shape index (κ2) is 3.80. The summed E-state index contributed by atoms with van der Waals surface area (Å²) in [6.45, 7) is 2.01. The number of hydrogen-bond acceptors (Lipinski definition) is 3. The summed E-state index contributed by atoms with van der Waals surface area (Å²) in [5.41, 5.74) is 0.